The van der Waals surface area contributed by atoms with Crippen molar-refractivity contribution >= 4 is 50.2 Å². The fraction of sp³-hybridized carbons (Fsp3) is 0.391. The van der Waals surface area contributed by atoms with Crippen molar-refractivity contribution in [3.05, 3.63) is 52.8 Å². The third kappa shape index (κ3) is 5.05. The molecule has 2 aromatic heterocycles. The molecular formula is C23H27N5O2S2. The Hall–Kier alpha value is -2.65. The van der Waals surface area contributed by atoms with Crippen LogP contribution in [0.25, 0.3) is 10.3 Å². The van der Waals surface area contributed by atoms with Gasteiger partial charge in [0.25, 0.3) is 5.56 Å². The highest BCUT2D eigenvalue weighted by Gasteiger charge is 2.20. The first-order chi connectivity index (χ1) is 15.6. The van der Waals surface area contributed by atoms with Gasteiger partial charge in [-0.25, -0.2) is 4.98 Å². The molecular weight excluding hydrogens is 442 g/mol. The van der Waals surface area contributed by atoms with Gasteiger partial charge >= 0.3 is 0 Å². The highest BCUT2D eigenvalue weighted by atomic mass is 32.2. The number of carbonyl (C=O) groups is 1. The lowest BCUT2D eigenvalue weighted by atomic mass is 10.1. The summed E-state index contributed by atoms with van der Waals surface area (Å²) in [6.07, 6.45) is 6.09. The minimum atomic E-state index is -0.143. The summed E-state index contributed by atoms with van der Waals surface area (Å²) in [5, 5.41) is 4.26. The summed E-state index contributed by atoms with van der Waals surface area (Å²) in [5.41, 5.74) is 2.26. The van der Waals surface area contributed by atoms with Crippen LogP contribution in [0.1, 0.15) is 31.7 Å². The fourth-order valence-corrected chi connectivity index (χ4v) is 5.50. The maximum Gasteiger partial charge on any atom is 0.274 e. The molecule has 1 aliphatic rings. The van der Waals surface area contributed by atoms with Crippen LogP contribution in [0.2, 0.25) is 0 Å². The number of benzene rings is 1. The normalized spacial score (nSPS) is 14.0. The van der Waals surface area contributed by atoms with Gasteiger partial charge in [0.2, 0.25) is 5.91 Å². The van der Waals surface area contributed by atoms with Crippen molar-refractivity contribution in [3.63, 3.8) is 0 Å². The quantitative estimate of drug-likeness (QED) is 0.301. The van der Waals surface area contributed by atoms with Gasteiger partial charge in [0.15, 0.2) is 15.9 Å². The maximum absolute atomic E-state index is 13.2. The number of carbonyl (C=O) groups excluding carboxylic acids is 1. The summed E-state index contributed by atoms with van der Waals surface area (Å²) in [6.45, 7) is 8.10. The van der Waals surface area contributed by atoms with Gasteiger partial charge < -0.3 is 10.2 Å². The summed E-state index contributed by atoms with van der Waals surface area (Å²) < 4.78 is 2.13. The second-order valence-electron chi connectivity index (χ2n) is 7.69. The third-order valence-corrected chi connectivity index (χ3v) is 7.43. The van der Waals surface area contributed by atoms with E-state index in [1.807, 2.05) is 24.3 Å². The number of amides is 1. The second kappa shape index (κ2) is 10.3. The lowest BCUT2D eigenvalue weighted by Gasteiger charge is -2.25. The zero-order valence-electron chi connectivity index (χ0n) is 18.2. The van der Waals surface area contributed by atoms with Crippen molar-refractivity contribution in [2.24, 2.45) is 0 Å². The smallest absolute Gasteiger partial charge is 0.274 e. The Bertz CT molecular complexity index is 1180. The first-order valence-corrected chi connectivity index (χ1v) is 12.7. The molecule has 0 spiro atoms. The molecule has 0 radical (unpaired) electrons. The molecule has 1 N–H and O–H groups in total. The van der Waals surface area contributed by atoms with Crippen LogP contribution in [0.4, 0.5) is 10.8 Å². The first kappa shape index (κ1) is 22.5. The van der Waals surface area contributed by atoms with Gasteiger partial charge in [-0.05, 0) is 43.4 Å². The van der Waals surface area contributed by atoms with E-state index in [1.54, 1.807) is 10.6 Å². The van der Waals surface area contributed by atoms with Gasteiger partial charge in [-0.1, -0.05) is 48.2 Å². The molecule has 1 aliphatic heterocycles. The van der Waals surface area contributed by atoms with Gasteiger partial charge in [-0.2, -0.15) is 4.98 Å². The van der Waals surface area contributed by atoms with Gasteiger partial charge in [0, 0.05) is 25.3 Å². The van der Waals surface area contributed by atoms with Crippen LogP contribution in [0.3, 0.4) is 0 Å². The van der Waals surface area contributed by atoms with Crippen LogP contribution in [0, 0.1) is 0 Å². The van der Waals surface area contributed by atoms with Crippen molar-refractivity contribution in [2.45, 2.75) is 44.3 Å². The number of hydrogen-bond donors (Lipinski definition) is 1. The monoisotopic (exact) mass is 469 g/mol. The van der Waals surface area contributed by atoms with Gasteiger partial charge in [-0.3, -0.25) is 14.2 Å². The fourth-order valence-electron chi connectivity index (χ4n) is 3.69. The number of aryl methyl sites for hydroxylation is 1. The minimum Gasteiger partial charge on any atom is -0.348 e. The number of aromatic nitrogens is 3. The Labute approximate surface area is 195 Å². The number of rotatable bonds is 8. The average molecular weight is 470 g/mol. The summed E-state index contributed by atoms with van der Waals surface area (Å²) in [7, 11) is 0. The molecule has 1 saturated heterocycles. The lowest BCUT2D eigenvalue weighted by Crippen LogP contribution is -2.29. The lowest BCUT2D eigenvalue weighted by molar-refractivity contribution is -0.113. The van der Waals surface area contributed by atoms with E-state index >= 15 is 0 Å². The van der Waals surface area contributed by atoms with E-state index in [-0.39, 0.29) is 17.2 Å². The minimum absolute atomic E-state index is 0.130. The number of thiazole rings is 1. The van der Waals surface area contributed by atoms with Crippen molar-refractivity contribution in [2.75, 3.05) is 29.1 Å². The molecule has 7 nitrogen and oxygen atoms in total. The van der Waals surface area contributed by atoms with E-state index < -0.39 is 0 Å². The molecule has 1 amide bonds. The van der Waals surface area contributed by atoms with Crippen LogP contribution in [-0.2, 0) is 17.8 Å². The topological polar surface area (TPSA) is 80.1 Å². The molecule has 9 heteroatoms. The summed E-state index contributed by atoms with van der Waals surface area (Å²) in [5.74, 6) is 0.00390. The third-order valence-electron chi connectivity index (χ3n) is 5.36. The van der Waals surface area contributed by atoms with Crippen LogP contribution < -0.4 is 15.8 Å². The highest BCUT2D eigenvalue weighted by molar-refractivity contribution is 7.99. The van der Waals surface area contributed by atoms with E-state index in [0.29, 0.717) is 22.0 Å². The Balaban J connectivity index is 1.55. The number of fused-ring (bicyclic) bond motifs is 1. The number of thioether (sulfide) groups is 1. The van der Waals surface area contributed by atoms with Gasteiger partial charge in [-0.15, -0.1) is 6.58 Å². The molecule has 1 fully saturated rings. The molecule has 0 atom stereocenters. The summed E-state index contributed by atoms with van der Waals surface area (Å²) in [4.78, 5) is 37.2. The number of hydrogen-bond acceptors (Lipinski definition) is 7. The zero-order valence-corrected chi connectivity index (χ0v) is 19.8. The standard InChI is InChI=1S/C23H27N5O2S2/c1-3-11-28-21(30)19-20(25-22(32-19)27-12-6-5-7-13-27)26-23(28)31-15-18(29)24-17-10-8-9-16(4-2)14-17/h3,8-10,14H,1,4-7,11-13,15H2,2H3,(H,24,29). The first-order valence-electron chi connectivity index (χ1n) is 10.9. The van der Waals surface area contributed by atoms with Crippen molar-refractivity contribution < 1.29 is 4.79 Å². The predicted octanol–water partition coefficient (Wildman–Crippen LogP) is 4.32. The van der Waals surface area contributed by atoms with E-state index in [4.69, 9.17) is 0 Å². The number of allylic oxidation sites excluding steroid dienone is 1. The highest BCUT2D eigenvalue weighted by Crippen LogP contribution is 2.29. The van der Waals surface area contributed by atoms with Crippen molar-refractivity contribution in [1.82, 2.24) is 14.5 Å². The largest absolute Gasteiger partial charge is 0.348 e. The number of nitrogens with zero attached hydrogens (tertiary/aromatic N) is 4. The second-order valence-corrected chi connectivity index (χ2v) is 9.61. The van der Waals surface area contributed by atoms with E-state index in [9.17, 15) is 9.59 Å². The van der Waals surface area contributed by atoms with Crippen molar-refractivity contribution in [3.8, 4) is 0 Å². The Morgan fingerprint density at radius 1 is 1.28 bits per heavy atom. The van der Waals surface area contributed by atoms with Crippen molar-refractivity contribution in [1.29, 1.82) is 0 Å². The van der Waals surface area contributed by atoms with Crippen LogP contribution in [-0.4, -0.2) is 39.3 Å². The average Bonchev–Trinajstić information content (AvgIpc) is 3.25. The van der Waals surface area contributed by atoms with Crippen LogP contribution >= 0.6 is 23.1 Å². The Morgan fingerprint density at radius 2 is 2.09 bits per heavy atom. The number of anilines is 2. The molecule has 0 saturated carbocycles. The molecule has 168 valence electrons. The molecule has 1 aromatic carbocycles. The van der Waals surface area contributed by atoms with E-state index in [2.05, 4.69) is 33.7 Å². The molecule has 0 bridgehead atoms. The van der Waals surface area contributed by atoms with Gasteiger partial charge in [0.05, 0.1) is 5.75 Å². The number of piperidine rings is 1. The summed E-state index contributed by atoms with van der Waals surface area (Å²) >= 11 is 2.65. The molecule has 32 heavy (non-hydrogen) atoms. The van der Waals surface area contributed by atoms with Gasteiger partial charge in [0.1, 0.15) is 4.70 Å². The molecule has 3 heterocycles. The maximum atomic E-state index is 13.2. The predicted molar refractivity (Wildman–Crippen MR) is 133 cm³/mol. The summed E-state index contributed by atoms with van der Waals surface area (Å²) in [6, 6.07) is 7.81. The molecule has 4 rings (SSSR count). The molecule has 0 unspecified atom stereocenters. The molecule has 3 aromatic rings. The SMILES string of the molecule is C=CCn1c(SCC(=O)Nc2cccc(CC)c2)nc2nc(N3CCCCC3)sc2c1=O. The Morgan fingerprint density at radius 3 is 2.84 bits per heavy atom. The zero-order chi connectivity index (χ0) is 22.5. The Kier molecular flexibility index (Phi) is 7.26. The number of nitrogens with one attached hydrogen (secondary N) is 1. The van der Waals surface area contributed by atoms with E-state index in [0.717, 1.165) is 48.7 Å². The van der Waals surface area contributed by atoms with E-state index in [1.165, 1.54) is 29.5 Å². The molecule has 0 aliphatic carbocycles. The van der Waals surface area contributed by atoms with Crippen LogP contribution in [0.15, 0.2) is 46.9 Å². The van der Waals surface area contributed by atoms with Crippen LogP contribution in [0.5, 0.6) is 0 Å².